The molecular weight excluding hydrogens is 316 g/mol. The summed E-state index contributed by atoms with van der Waals surface area (Å²) in [6, 6.07) is 7.86. The average molecular weight is 336 g/mol. The zero-order chi connectivity index (χ0) is 17.8. The van der Waals surface area contributed by atoms with Crippen LogP contribution in [0.5, 0.6) is 0 Å². The summed E-state index contributed by atoms with van der Waals surface area (Å²) in [6.07, 6.45) is 6.47. The highest BCUT2D eigenvalue weighted by Crippen LogP contribution is 2.04. The first kappa shape index (κ1) is 16.8. The van der Waals surface area contributed by atoms with Crippen LogP contribution in [0.3, 0.4) is 0 Å². The van der Waals surface area contributed by atoms with Gasteiger partial charge in [-0.15, -0.1) is 0 Å². The molecule has 0 bridgehead atoms. The van der Waals surface area contributed by atoms with Crippen LogP contribution in [-0.2, 0) is 13.0 Å². The predicted octanol–water partition coefficient (Wildman–Crippen LogP) is 2.28. The molecule has 0 saturated heterocycles. The summed E-state index contributed by atoms with van der Waals surface area (Å²) < 4.78 is 1.34. The van der Waals surface area contributed by atoms with Crippen LogP contribution in [0.1, 0.15) is 40.4 Å². The number of hydrogen-bond acceptors (Lipinski definition) is 4. The van der Waals surface area contributed by atoms with Crippen molar-refractivity contribution in [3.05, 3.63) is 75.5 Å². The van der Waals surface area contributed by atoms with E-state index in [1.807, 2.05) is 31.2 Å². The smallest absolute Gasteiger partial charge is 0.271 e. The van der Waals surface area contributed by atoms with E-state index in [-0.39, 0.29) is 5.56 Å². The van der Waals surface area contributed by atoms with Crippen molar-refractivity contribution in [1.82, 2.24) is 19.7 Å². The standard InChI is InChI=1S/C19H20N4O2/c1-3-4-15-10-21-19-22-11-16(18(25)23(19)12-15)17(24)20-9-14-7-5-13(2)6-8-14/h5-8,10-12H,3-4,9H2,1-2H3,(H,20,24). The molecule has 0 spiro atoms. The second-order valence-corrected chi connectivity index (χ2v) is 6.03. The van der Waals surface area contributed by atoms with Gasteiger partial charge in [-0.2, -0.15) is 0 Å². The number of aryl methyl sites for hydroxylation is 2. The topological polar surface area (TPSA) is 76.4 Å². The molecule has 6 heteroatoms. The SMILES string of the molecule is CCCc1cnc2ncc(C(=O)NCc3ccc(C)cc3)c(=O)n2c1. The summed E-state index contributed by atoms with van der Waals surface area (Å²) in [6.45, 7) is 4.42. The lowest BCUT2D eigenvalue weighted by Crippen LogP contribution is -2.31. The van der Waals surface area contributed by atoms with Crippen molar-refractivity contribution in [1.29, 1.82) is 0 Å². The third-order valence-electron chi connectivity index (χ3n) is 3.97. The Labute approximate surface area is 145 Å². The highest BCUT2D eigenvalue weighted by atomic mass is 16.2. The van der Waals surface area contributed by atoms with Crippen LogP contribution < -0.4 is 10.9 Å². The van der Waals surface area contributed by atoms with Crippen LogP contribution in [0.15, 0.2) is 47.7 Å². The van der Waals surface area contributed by atoms with Gasteiger partial charge in [0.1, 0.15) is 5.56 Å². The number of aromatic nitrogens is 3. The second-order valence-electron chi connectivity index (χ2n) is 6.03. The molecule has 0 aliphatic carbocycles. The van der Waals surface area contributed by atoms with E-state index < -0.39 is 11.5 Å². The summed E-state index contributed by atoms with van der Waals surface area (Å²) in [5.41, 5.74) is 2.68. The molecule has 25 heavy (non-hydrogen) atoms. The lowest BCUT2D eigenvalue weighted by Gasteiger charge is -2.07. The Balaban J connectivity index is 1.84. The molecule has 1 N–H and O–H groups in total. The van der Waals surface area contributed by atoms with E-state index in [0.717, 1.165) is 29.5 Å². The summed E-state index contributed by atoms with van der Waals surface area (Å²) in [4.78, 5) is 33.3. The lowest BCUT2D eigenvalue weighted by molar-refractivity contribution is 0.0949. The fourth-order valence-electron chi connectivity index (χ4n) is 2.57. The van der Waals surface area contributed by atoms with E-state index in [9.17, 15) is 9.59 Å². The molecule has 1 aromatic carbocycles. The van der Waals surface area contributed by atoms with Crippen LogP contribution in [0.2, 0.25) is 0 Å². The molecule has 0 fully saturated rings. The van der Waals surface area contributed by atoms with Crippen molar-refractivity contribution in [2.45, 2.75) is 33.2 Å². The first-order chi connectivity index (χ1) is 12.1. The van der Waals surface area contributed by atoms with Gasteiger partial charge < -0.3 is 5.32 Å². The summed E-state index contributed by atoms with van der Waals surface area (Å²) in [5, 5.41) is 2.77. The summed E-state index contributed by atoms with van der Waals surface area (Å²) in [7, 11) is 0. The third kappa shape index (κ3) is 3.74. The van der Waals surface area contributed by atoms with Gasteiger partial charge in [0.25, 0.3) is 11.5 Å². The monoisotopic (exact) mass is 336 g/mol. The Morgan fingerprint density at radius 2 is 1.84 bits per heavy atom. The molecule has 1 amide bonds. The molecular formula is C19H20N4O2. The highest BCUT2D eigenvalue weighted by Gasteiger charge is 2.13. The Morgan fingerprint density at radius 1 is 1.12 bits per heavy atom. The second kappa shape index (κ2) is 7.25. The van der Waals surface area contributed by atoms with Gasteiger partial charge in [-0.3, -0.25) is 14.0 Å². The van der Waals surface area contributed by atoms with Crippen molar-refractivity contribution in [3.63, 3.8) is 0 Å². The van der Waals surface area contributed by atoms with Crippen LogP contribution in [0, 0.1) is 6.92 Å². The maximum Gasteiger partial charge on any atom is 0.271 e. The number of carbonyl (C=O) groups is 1. The van der Waals surface area contributed by atoms with Crippen LogP contribution in [0.4, 0.5) is 0 Å². The molecule has 0 aliphatic rings. The number of hydrogen-bond donors (Lipinski definition) is 1. The van der Waals surface area contributed by atoms with Gasteiger partial charge in [0.2, 0.25) is 5.78 Å². The molecule has 0 aliphatic heterocycles. The number of rotatable bonds is 5. The van der Waals surface area contributed by atoms with Crippen molar-refractivity contribution >= 4 is 11.7 Å². The number of amides is 1. The zero-order valence-electron chi connectivity index (χ0n) is 14.3. The minimum absolute atomic E-state index is 0.0139. The van der Waals surface area contributed by atoms with E-state index in [2.05, 4.69) is 22.2 Å². The quantitative estimate of drug-likeness (QED) is 0.775. The van der Waals surface area contributed by atoms with Gasteiger partial charge in [-0.1, -0.05) is 43.2 Å². The molecule has 3 rings (SSSR count). The fourth-order valence-corrected chi connectivity index (χ4v) is 2.57. The molecule has 0 saturated carbocycles. The van der Waals surface area contributed by atoms with E-state index in [0.29, 0.717) is 12.3 Å². The largest absolute Gasteiger partial charge is 0.348 e. The number of nitrogens with zero attached hydrogens (tertiary/aromatic N) is 3. The van der Waals surface area contributed by atoms with Crippen molar-refractivity contribution in [2.24, 2.45) is 0 Å². The van der Waals surface area contributed by atoms with Gasteiger partial charge in [0.15, 0.2) is 0 Å². The van der Waals surface area contributed by atoms with Gasteiger partial charge in [-0.25, -0.2) is 9.97 Å². The number of carbonyl (C=O) groups excluding carboxylic acids is 1. The lowest BCUT2D eigenvalue weighted by atomic mass is 10.1. The Kier molecular flexibility index (Phi) is 4.88. The van der Waals surface area contributed by atoms with Gasteiger partial charge in [-0.05, 0) is 24.5 Å². The minimum Gasteiger partial charge on any atom is -0.348 e. The van der Waals surface area contributed by atoms with E-state index in [4.69, 9.17) is 0 Å². The maximum atomic E-state index is 12.6. The fraction of sp³-hybridized carbons (Fsp3) is 0.263. The Morgan fingerprint density at radius 3 is 2.56 bits per heavy atom. The van der Waals surface area contributed by atoms with Crippen LogP contribution in [0.25, 0.3) is 5.78 Å². The summed E-state index contributed by atoms with van der Waals surface area (Å²) >= 11 is 0. The predicted molar refractivity (Wildman–Crippen MR) is 95.6 cm³/mol. The normalized spacial score (nSPS) is 10.8. The van der Waals surface area contributed by atoms with E-state index in [1.54, 1.807) is 12.4 Å². The van der Waals surface area contributed by atoms with Gasteiger partial charge >= 0.3 is 0 Å². The molecule has 2 aromatic heterocycles. The molecule has 0 radical (unpaired) electrons. The van der Waals surface area contributed by atoms with Crippen LogP contribution in [-0.4, -0.2) is 20.3 Å². The Bertz CT molecular complexity index is 961. The number of benzene rings is 1. The van der Waals surface area contributed by atoms with Crippen LogP contribution >= 0.6 is 0 Å². The Hall–Kier alpha value is -3.02. The zero-order valence-corrected chi connectivity index (χ0v) is 14.3. The number of nitrogens with one attached hydrogen (secondary N) is 1. The van der Waals surface area contributed by atoms with Gasteiger partial charge in [0.05, 0.1) is 0 Å². The highest BCUT2D eigenvalue weighted by molar-refractivity contribution is 5.93. The first-order valence-electron chi connectivity index (χ1n) is 8.28. The van der Waals surface area contributed by atoms with Crippen molar-refractivity contribution < 1.29 is 4.79 Å². The van der Waals surface area contributed by atoms with E-state index in [1.165, 1.54) is 10.6 Å². The molecule has 0 atom stereocenters. The molecule has 0 unspecified atom stereocenters. The third-order valence-corrected chi connectivity index (χ3v) is 3.97. The molecule has 2 heterocycles. The molecule has 128 valence electrons. The van der Waals surface area contributed by atoms with Crippen molar-refractivity contribution in [2.75, 3.05) is 0 Å². The first-order valence-corrected chi connectivity index (χ1v) is 8.28. The summed E-state index contributed by atoms with van der Waals surface area (Å²) in [5.74, 6) is -0.145. The number of fused-ring (bicyclic) bond motifs is 1. The molecule has 3 aromatic rings. The van der Waals surface area contributed by atoms with E-state index >= 15 is 0 Å². The average Bonchev–Trinajstić information content (AvgIpc) is 2.62. The molecule has 6 nitrogen and oxygen atoms in total. The maximum absolute atomic E-state index is 12.6. The van der Waals surface area contributed by atoms with Crippen molar-refractivity contribution in [3.8, 4) is 0 Å². The van der Waals surface area contributed by atoms with Gasteiger partial charge in [0, 0.05) is 25.1 Å². The minimum atomic E-state index is -0.437.